The minimum absolute atomic E-state index is 0.0666. The molecule has 0 saturated heterocycles. The first-order valence-electron chi connectivity index (χ1n) is 25.2. The van der Waals surface area contributed by atoms with Gasteiger partial charge >= 0.3 is 24.1 Å². The van der Waals surface area contributed by atoms with Crippen LogP contribution >= 0.6 is 0 Å². The molecule has 0 N–H and O–H groups in total. The van der Waals surface area contributed by atoms with Crippen molar-refractivity contribution in [3.8, 4) is 0 Å². The molecule has 0 rings (SSSR count). The molecule has 12 heteroatoms. The SMILES string of the molecule is CCCCCC/C=C\COC(=O)CCCCCCCC(=O)OCC(COC(=O)CCC(OCCCCCCCC)OCCCCCCCC)COC(=O)OCCCN(CC)CC. The lowest BCUT2D eigenvalue weighted by Gasteiger charge is -2.20. The highest BCUT2D eigenvalue weighted by molar-refractivity contribution is 5.70. The predicted octanol–water partition coefficient (Wildman–Crippen LogP) is 12.2. The Morgan fingerprint density at radius 1 is 0.452 bits per heavy atom. The van der Waals surface area contributed by atoms with Crippen LogP contribution in [0.25, 0.3) is 0 Å². The number of unbranched alkanes of at least 4 members (excludes halogenated alkanes) is 18. The number of nitrogens with zero attached hydrogens (tertiary/aromatic N) is 1. The van der Waals surface area contributed by atoms with Gasteiger partial charge in [-0.25, -0.2) is 4.79 Å². The molecule has 1 unspecified atom stereocenters. The van der Waals surface area contributed by atoms with Gasteiger partial charge in [-0.3, -0.25) is 14.4 Å². The van der Waals surface area contributed by atoms with Gasteiger partial charge < -0.3 is 38.1 Å². The number of carbonyl (C=O) groups excluding carboxylic acids is 4. The molecule has 0 aliphatic heterocycles. The smallest absolute Gasteiger partial charge is 0.465 e. The van der Waals surface area contributed by atoms with Crippen molar-refractivity contribution in [2.75, 3.05) is 65.9 Å². The molecule has 62 heavy (non-hydrogen) atoms. The van der Waals surface area contributed by atoms with Crippen LogP contribution in [0, 0.1) is 5.92 Å². The number of esters is 3. The maximum Gasteiger partial charge on any atom is 0.508 e. The Labute approximate surface area is 378 Å². The lowest BCUT2D eigenvalue weighted by molar-refractivity contribution is -0.161. The molecule has 0 radical (unpaired) electrons. The van der Waals surface area contributed by atoms with Gasteiger partial charge in [-0.05, 0) is 58.0 Å². The van der Waals surface area contributed by atoms with Gasteiger partial charge in [0.1, 0.15) is 26.4 Å². The van der Waals surface area contributed by atoms with Crippen LogP contribution in [-0.2, 0) is 47.5 Å². The van der Waals surface area contributed by atoms with Crippen molar-refractivity contribution in [1.82, 2.24) is 4.90 Å². The lowest BCUT2D eigenvalue weighted by atomic mass is 10.1. The van der Waals surface area contributed by atoms with Gasteiger partial charge in [0.15, 0.2) is 6.29 Å². The van der Waals surface area contributed by atoms with Crippen molar-refractivity contribution in [1.29, 1.82) is 0 Å². The van der Waals surface area contributed by atoms with E-state index in [1.165, 1.54) is 77.0 Å². The summed E-state index contributed by atoms with van der Waals surface area (Å²) in [6, 6.07) is 0. The third-order valence-corrected chi connectivity index (χ3v) is 10.8. The average Bonchev–Trinajstić information content (AvgIpc) is 3.27. The molecular formula is C50H93NO11. The van der Waals surface area contributed by atoms with E-state index in [1.807, 2.05) is 6.08 Å². The summed E-state index contributed by atoms with van der Waals surface area (Å²) in [6.45, 7) is 14.9. The van der Waals surface area contributed by atoms with Gasteiger partial charge in [-0.1, -0.05) is 150 Å². The molecule has 0 aromatic carbocycles. The van der Waals surface area contributed by atoms with Gasteiger partial charge in [0.05, 0.1) is 18.9 Å². The van der Waals surface area contributed by atoms with Crippen molar-refractivity contribution >= 4 is 24.1 Å². The Morgan fingerprint density at radius 2 is 0.919 bits per heavy atom. The quantitative estimate of drug-likeness (QED) is 0.0189. The molecule has 1 atom stereocenters. The number of carbonyl (C=O) groups is 4. The Bertz CT molecular complexity index is 1050. The zero-order chi connectivity index (χ0) is 45.6. The number of hydrogen-bond acceptors (Lipinski definition) is 12. The van der Waals surface area contributed by atoms with Crippen LogP contribution in [0.3, 0.4) is 0 Å². The summed E-state index contributed by atoms with van der Waals surface area (Å²) in [5, 5.41) is 0. The Kier molecular flexibility index (Phi) is 44.3. The zero-order valence-corrected chi connectivity index (χ0v) is 40.4. The maximum atomic E-state index is 12.9. The summed E-state index contributed by atoms with van der Waals surface area (Å²) < 4.78 is 39.3. The molecule has 0 amide bonds. The van der Waals surface area contributed by atoms with Crippen LogP contribution in [-0.4, -0.2) is 101 Å². The van der Waals surface area contributed by atoms with Crippen molar-refractivity contribution in [3.63, 3.8) is 0 Å². The van der Waals surface area contributed by atoms with E-state index in [2.05, 4.69) is 45.6 Å². The van der Waals surface area contributed by atoms with Crippen LogP contribution in [0.4, 0.5) is 4.79 Å². The summed E-state index contributed by atoms with van der Waals surface area (Å²) in [7, 11) is 0. The highest BCUT2D eigenvalue weighted by Gasteiger charge is 2.20. The molecule has 0 aliphatic carbocycles. The molecular weight excluding hydrogens is 791 g/mol. The Balaban J connectivity index is 4.84. The maximum absolute atomic E-state index is 12.9. The minimum atomic E-state index is -0.807. The average molecular weight is 884 g/mol. The Hall–Kier alpha value is -2.70. The highest BCUT2D eigenvalue weighted by atomic mass is 16.7. The second-order valence-electron chi connectivity index (χ2n) is 16.5. The van der Waals surface area contributed by atoms with Crippen LogP contribution in [0.15, 0.2) is 12.2 Å². The lowest BCUT2D eigenvalue weighted by Crippen LogP contribution is -2.28. The fourth-order valence-corrected chi connectivity index (χ4v) is 6.72. The number of allylic oxidation sites excluding steroid dienone is 1. The molecule has 364 valence electrons. The van der Waals surface area contributed by atoms with Crippen molar-refractivity contribution in [2.45, 2.75) is 214 Å². The fourth-order valence-electron chi connectivity index (χ4n) is 6.72. The first kappa shape index (κ1) is 59.3. The number of hydrogen-bond donors (Lipinski definition) is 0. The van der Waals surface area contributed by atoms with Gasteiger partial charge in [-0.2, -0.15) is 0 Å². The molecule has 0 aromatic heterocycles. The minimum Gasteiger partial charge on any atom is -0.465 e. The summed E-state index contributed by atoms with van der Waals surface area (Å²) in [4.78, 5) is 52.3. The van der Waals surface area contributed by atoms with E-state index in [-0.39, 0.29) is 51.2 Å². The third kappa shape index (κ3) is 41.3. The molecule has 0 bridgehead atoms. The summed E-state index contributed by atoms with van der Waals surface area (Å²) in [6.07, 6.45) is 28.4. The Morgan fingerprint density at radius 3 is 1.47 bits per heavy atom. The molecule has 0 aromatic rings. The topological polar surface area (TPSA) is 136 Å². The molecule has 0 spiro atoms. The largest absolute Gasteiger partial charge is 0.508 e. The van der Waals surface area contributed by atoms with Crippen LogP contribution in [0.1, 0.15) is 208 Å². The van der Waals surface area contributed by atoms with Gasteiger partial charge in [-0.15, -0.1) is 0 Å². The standard InChI is InChI=1S/C50H93NO11/c1-6-11-14-17-20-26-29-38-56-46(52)33-27-22-21-23-28-34-47(53)60-42-45(44-62-50(55)59-41-32-37-51(9-4)10-5)43-61-48(54)35-36-49(57-39-30-24-18-15-12-7-2)58-40-31-25-19-16-13-8-3/h26,29,45,49H,6-25,27-28,30-44H2,1-5H3/b29-26-. The van der Waals surface area contributed by atoms with E-state index in [0.717, 1.165) is 77.4 Å². The van der Waals surface area contributed by atoms with E-state index >= 15 is 0 Å². The van der Waals surface area contributed by atoms with Crippen LogP contribution < -0.4 is 0 Å². The van der Waals surface area contributed by atoms with Crippen molar-refractivity contribution < 1.29 is 52.3 Å². The van der Waals surface area contributed by atoms with E-state index in [4.69, 9.17) is 33.2 Å². The molecule has 12 nitrogen and oxygen atoms in total. The predicted molar refractivity (Wildman–Crippen MR) is 248 cm³/mol. The molecule has 0 saturated carbocycles. The fraction of sp³-hybridized carbons (Fsp3) is 0.880. The zero-order valence-electron chi connectivity index (χ0n) is 40.4. The molecule has 0 fully saturated rings. The number of rotatable bonds is 46. The second-order valence-corrected chi connectivity index (χ2v) is 16.5. The first-order valence-corrected chi connectivity index (χ1v) is 25.2. The summed E-state index contributed by atoms with van der Waals surface area (Å²) >= 11 is 0. The van der Waals surface area contributed by atoms with E-state index < -0.39 is 24.3 Å². The number of ether oxygens (including phenoxy) is 7. The van der Waals surface area contributed by atoms with E-state index in [1.54, 1.807) is 0 Å². The summed E-state index contributed by atoms with van der Waals surface area (Å²) in [5.74, 6) is -1.53. The van der Waals surface area contributed by atoms with Crippen molar-refractivity contribution in [2.24, 2.45) is 5.92 Å². The van der Waals surface area contributed by atoms with E-state index in [0.29, 0.717) is 45.5 Å². The first-order chi connectivity index (χ1) is 30.3. The van der Waals surface area contributed by atoms with Crippen LogP contribution in [0.5, 0.6) is 0 Å². The van der Waals surface area contributed by atoms with Crippen molar-refractivity contribution in [3.05, 3.63) is 12.2 Å². The van der Waals surface area contributed by atoms with Gasteiger partial charge in [0.2, 0.25) is 0 Å². The second kappa shape index (κ2) is 46.3. The normalized spacial score (nSPS) is 12.0. The van der Waals surface area contributed by atoms with Gasteiger partial charge in [0.25, 0.3) is 0 Å². The third-order valence-electron chi connectivity index (χ3n) is 10.8. The summed E-state index contributed by atoms with van der Waals surface area (Å²) in [5.41, 5.74) is 0. The van der Waals surface area contributed by atoms with Crippen LogP contribution in [0.2, 0.25) is 0 Å². The highest BCUT2D eigenvalue weighted by Crippen LogP contribution is 2.14. The molecule has 0 heterocycles. The van der Waals surface area contributed by atoms with E-state index in [9.17, 15) is 19.2 Å². The molecule has 0 aliphatic rings. The van der Waals surface area contributed by atoms with Gasteiger partial charge in [0, 0.05) is 39.0 Å². The monoisotopic (exact) mass is 884 g/mol.